The molecule has 1 aromatic rings. The van der Waals surface area contributed by atoms with Crippen LogP contribution in [0.1, 0.15) is 5.56 Å². The average molecular weight is 167 g/mol. The quantitative estimate of drug-likeness (QED) is 0.420. The average Bonchev–Trinajstić information content (AvgIpc) is 1.94. The van der Waals surface area contributed by atoms with Gasteiger partial charge in [-0.05, 0) is 18.2 Å². The molecule has 0 radical (unpaired) electrons. The summed E-state index contributed by atoms with van der Waals surface area (Å²) in [5.74, 6) is 0. The van der Waals surface area contributed by atoms with Crippen LogP contribution in [-0.2, 0) is 0 Å². The molecule has 6 N–H and O–H groups in total. The van der Waals surface area contributed by atoms with E-state index in [9.17, 15) is 0 Å². The number of hydrogen-bond acceptors (Lipinski definition) is 3. The first kappa shape index (κ1) is 7.81. The molecule has 0 aromatic heterocycles. The number of nitrogen functional groups attached to an aromatic ring is 2. The van der Waals surface area contributed by atoms with Crippen LogP contribution in [0.2, 0.25) is 0 Å². The van der Waals surface area contributed by atoms with Crippen LogP contribution in [0.25, 0.3) is 0 Å². The fourth-order valence-electron chi connectivity index (χ4n) is 0.787. The van der Waals surface area contributed by atoms with E-state index in [0.29, 0.717) is 16.9 Å². The predicted molar refractivity (Wildman–Crippen MR) is 51.2 cm³/mol. The van der Waals surface area contributed by atoms with Crippen LogP contribution < -0.4 is 17.2 Å². The van der Waals surface area contributed by atoms with E-state index in [-0.39, 0.29) is 4.99 Å². The van der Waals surface area contributed by atoms with Gasteiger partial charge in [0.05, 0.1) is 0 Å². The Balaban J connectivity index is 3.23. The number of benzene rings is 1. The van der Waals surface area contributed by atoms with Crippen molar-refractivity contribution in [1.29, 1.82) is 0 Å². The zero-order chi connectivity index (χ0) is 8.43. The van der Waals surface area contributed by atoms with Gasteiger partial charge in [0.15, 0.2) is 0 Å². The Labute approximate surface area is 70.2 Å². The van der Waals surface area contributed by atoms with Crippen molar-refractivity contribution >= 4 is 28.6 Å². The number of nitrogens with two attached hydrogens (primary N) is 3. The third kappa shape index (κ3) is 1.59. The van der Waals surface area contributed by atoms with E-state index in [0.717, 1.165) is 0 Å². The second kappa shape index (κ2) is 2.75. The summed E-state index contributed by atoms with van der Waals surface area (Å²) in [7, 11) is 0. The van der Waals surface area contributed by atoms with Crippen molar-refractivity contribution in [1.82, 2.24) is 0 Å². The van der Waals surface area contributed by atoms with Gasteiger partial charge in [0.1, 0.15) is 4.99 Å². The van der Waals surface area contributed by atoms with Crippen LogP contribution in [-0.4, -0.2) is 4.99 Å². The predicted octanol–water partition coefficient (Wildman–Crippen LogP) is 0.485. The maximum absolute atomic E-state index is 5.57. The molecular formula is C7H9N3S. The van der Waals surface area contributed by atoms with Gasteiger partial charge in [0, 0.05) is 16.9 Å². The smallest absolute Gasteiger partial charge is 0.106 e. The molecule has 0 fully saturated rings. The lowest BCUT2D eigenvalue weighted by Gasteiger charge is -2.03. The van der Waals surface area contributed by atoms with Crippen molar-refractivity contribution in [2.45, 2.75) is 0 Å². The largest absolute Gasteiger partial charge is 0.399 e. The Hall–Kier alpha value is -1.29. The highest BCUT2D eigenvalue weighted by atomic mass is 32.1. The summed E-state index contributed by atoms with van der Waals surface area (Å²) in [6.45, 7) is 0. The van der Waals surface area contributed by atoms with E-state index in [1.165, 1.54) is 0 Å². The minimum atomic E-state index is 0.273. The van der Waals surface area contributed by atoms with Crippen molar-refractivity contribution in [2.24, 2.45) is 5.73 Å². The fraction of sp³-hybridized carbons (Fsp3) is 0. The molecule has 3 nitrogen and oxygen atoms in total. The first-order valence-corrected chi connectivity index (χ1v) is 3.47. The van der Waals surface area contributed by atoms with E-state index in [2.05, 4.69) is 0 Å². The second-order valence-electron chi connectivity index (χ2n) is 2.21. The van der Waals surface area contributed by atoms with Crippen LogP contribution in [0, 0.1) is 0 Å². The summed E-state index contributed by atoms with van der Waals surface area (Å²) >= 11 is 4.75. The number of anilines is 2. The van der Waals surface area contributed by atoms with Crippen LogP contribution in [0.4, 0.5) is 11.4 Å². The summed E-state index contributed by atoms with van der Waals surface area (Å²) < 4.78 is 0. The molecule has 1 rings (SSSR count). The van der Waals surface area contributed by atoms with Gasteiger partial charge in [-0.25, -0.2) is 0 Å². The molecule has 0 amide bonds. The normalized spacial score (nSPS) is 9.45. The molecule has 0 aliphatic rings. The highest BCUT2D eigenvalue weighted by Gasteiger charge is 2.00. The molecule has 0 spiro atoms. The van der Waals surface area contributed by atoms with Crippen molar-refractivity contribution in [2.75, 3.05) is 11.5 Å². The molecule has 0 saturated heterocycles. The lowest BCUT2D eigenvalue weighted by Crippen LogP contribution is -2.12. The Morgan fingerprint density at radius 2 is 1.91 bits per heavy atom. The minimum Gasteiger partial charge on any atom is -0.399 e. The third-order valence-corrected chi connectivity index (χ3v) is 1.56. The highest BCUT2D eigenvalue weighted by Crippen LogP contribution is 2.14. The fourth-order valence-corrected chi connectivity index (χ4v) is 0.964. The minimum absolute atomic E-state index is 0.273. The molecule has 0 bridgehead atoms. The van der Waals surface area contributed by atoms with Crippen LogP contribution >= 0.6 is 12.2 Å². The SMILES string of the molecule is NC(=S)c1cc(N)ccc1N. The maximum Gasteiger partial charge on any atom is 0.106 e. The lowest BCUT2D eigenvalue weighted by molar-refractivity contribution is 1.60. The molecule has 1 aromatic carbocycles. The van der Waals surface area contributed by atoms with Gasteiger partial charge in [0.25, 0.3) is 0 Å². The first-order chi connectivity index (χ1) is 5.11. The van der Waals surface area contributed by atoms with Gasteiger partial charge in [-0.15, -0.1) is 0 Å². The molecule has 0 unspecified atom stereocenters. The van der Waals surface area contributed by atoms with E-state index >= 15 is 0 Å². The van der Waals surface area contributed by atoms with Gasteiger partial charge < -0.3 is 17.2 Å². The van der Waals surface area contributed by atoms with Crippen molar-refractivity contribution in [3.05, 3.63) is 23.8 Å². The summed E-state index contributed by atoms with van der Waals surface area (Å²) in [5, 5.41) is 0. The van der Waals surface area contributed by atoms with Crippen molar-refractivity contribution in [3.8, 4) is 0 Å². The zero-order valence-corrected chi connectivity index (χ0v) is 6.69. The van der Waals surface area contributed by atoms with Crippen LogP contribution in [0.5, 0.6) is 0 Å². The number of hydrogen-bond donors (Lipinski definition) is 3. The van der Waals surface area contributed by atoms with Gasteiger partial charge in [-0.2, -0.15) is 0 Å². The van der Waals surface area contributed by atoms with Crippen molar-refractivity contribution in [3.63, 3.8) is 0 Å². The number of thiocarbonyl (C=S) groups is 1. The zero-order valence-electron chi connectivity index (χ0n) is 5.87. The van der Waals surface area contributed by atoms with E-state index < -0.39 is 0 Å². The molecule has 0 aliphatic carbocycles. The second-order valence-corrected chi connectivity index (χ2v) is 2.65. The molecule has 58 valence electrons. The van der Waals surface area contributed by atoms with E-state index in [4.69, 9.17) is 29.4 Å². The van der Waals surface area contributed by atoms with Gasteiger partial charge in [-0.1, -0.05) is 12.2 Å². The highest BCUT2D eigenvalue weighted by molar-refractivity contribution is 7.80. The third-order valence-electron chi connectivity index (χ3n) is 1.34. The summed E-state index contributed by atoms with van der Waals surface area (Å²) in [6.07, 6.45) is 0. The van der Waals surface area contributed by atoms with E-state index in [1.54, 1.807) is 18.2 Å². The standard InChI is InChI=1S/C7H9N3S/c8-4-1-2-6(9)5(3-4)7(10)11/h1-3H,8-9H2,(H2,10,11). The monoisotopic (exact) mass is 167 g/mol. The topological polar surface area (TPSA) is 78.1 Å². The lowest BCUT2D eigenvalue weighted by atomic mass is 10.1. The summed E-state index contributed by atoms with van der Waals surface area (Å²) in [4.78, 5) is 0.273. The Bertz CT molecular complexity index is 296. The van der Waals surface area contributed by atoms with Crippen LogP contribution in [0.15, 0.2) is 18.2 Å². The Kier molecular flexibility index (Phi) is 1.96. The van der Waals surface area contributed by atoms with E-state index in [1.807, 2.05) is 0 Å². The Morgan fingerprint density at radius 3 is 2.36 bits per heavy atom. The Morgan fingerprint density at radius 1 is 1.27 bits per heavy atom. The molecule has 0 saturated carbocycles. The van der Waals surface area contributed by atoms with Gasteiger partial charge in [-0.3, -0.25) is 0 Å². The maximum atomic E-state index is 5.57. The van der Waals surface area contributed by atoms with Gasteiger partial charge >= 0.3 is 0 Å². The molecule has 0 aliphatic heterocycles. The number of rotatable bonds is 1. The van der Waals surface area contributed by atoms with Gasteiger partial charge in [0.2, 0.25) is 0 Å². The summed E-state index contributed by atoms with van der Waals surface area (Å²) in [5.41, 5.74) is 18.3. The molecule has 0 atom stereocenters. The molecule has 4 heteroatoms. The molecular weight excluding hydrogens is 158 g/mol. The first-order valence-electron chi connectivity index (χ1n) is 3.06. The molecule has 0 heterocycles. The van der Waals surface area contributed by atoms with Crippen LogP contribution in [0.3, 0.4) is 0 Å². The van der Waals surface area contributed by atoms with Crippen molar-refractivity contribution < 1.29 is 0 Å². The summed E-state index contributed by atoms with van der Waals surface area (Å²) in [6, 6.07) is 5.05. The molecule has 11 heavy (non-hydrogen) atoms.